The van der Waals surface area contributed by atoms with Gasteiger partial charge in [0.1, 0.15) is 0 Å². The zero-order valence-electron chi connectivity index (χ0n) is 9.85. The fourth-order valence-corrected chi connectivity index (χ4v) is 1.70. The Morgan fingerprint density at radius 2 is 1.75 bits per heavy atom. The molecule has 1 heterocycles. The first-order valence-electron chi connectivity index (χ1n) is 5.41. The van der Waals surface area contributed by atoms with Gasteiger partial charge in [-0.25, -0.2) is 4.79 Å². The summed E-state index contributed by atoms with van der Waals surface area (Å²) < 4.78 is 0. The number of carbonyl (C=O) groups is 2. The van der Waals surface area contributed by atoms with Crippen LogP contribution in [0.15, 0.2) is 0 Å². The lowest BCUT2D eigenvalue weighted by Gasteiger charge is -2.35. The van der Waals surface area contributed by atoms with Crippen molar-refractivity contribution in [2.75, 3.05) is 46.8 Å². The number of carboxylic acid groups (broad SMARTS) is 1. The van der Waals surface area contributed by atoms with Crippen LogP contribution in [0.25, 0.3) is 0 Å². The van der Waals surface area contributed by atoms with Crippen LogP contribution in [0.4, 0.5) is 4.79 Å². The highest BCUT2D eigenvalue weighted by atomic mass is 16.4. The maximum atomic E-state index is 11.6. The average Bonchev–Trinajstić information content (AvgIpc) is 2.26. The first kappa shape index (κ1) is 12.8. The van der Waals surface area contributed by atoms with E-state index in [2.05, 4.69) is 4.90 Å². The number of nitrogens with zero attached hydrogens (tertiary/aromatic N) is 3. The van der Waals surface area contributed by atoms with Crippen molar-refractivity contribution in [3.63, 3.8) is 0 Å². The van der Waals surface area contributed by atoms with Crippen molar-refractivity contribution >= 4 is 12.0 Å². The van der Waals surface area contributed by atoms with Gasteiger partial charge >= 0.3 is 12.0 Å². The zero-order chi connectivity index (χ0) is 12.1. The van der Waals surface area contributed by atoms with Gasteiger partial charge in [-0.3, -0.25) is 9.69 Å². The Morgan fingerprint density at radius 3 is 2.19 bits per heavy atom. The molecule has 0 radical (unpaired) electrons. The first-order valence-corrected chi connectivity index (χ1v) is 5.41. The zero-order valence-corrected chi connectivity index (χ0v) is 9.85. The normalized spacial score (nSPS) is 17.2. The van der Waals surface area contributed by atoms with Crippen LogP contribution in [-0.4, -0.2) is 78.6 Å². The van der Waals surface area contributed by atoms with Gasteiger partial charge in [0.2, 0.25) is 0 Å². The van der Waals surface area contributed by atoms with Crippen molar-refractivity contribution in [3.05, 3.63) is 0 Å². The minimum atomic E-state index is -0.771. The maximum absolute atomic E-state index is 11.6. The van der Waals surface area contributed by atoms with E-state index in [0.29, 0.717) is 19.6 Å². The predicted octanol–water partition coefficient (Wildman–Crippen LogP) is -0.240. The molecule has 2 amide bonds. The van der Waals surface area contributed by atoms with Crippen molar-refractivity contribution < 1.29 is 14.7 Å². The van der Waals surface area contributed by atoms with Crippen LogP contribution in [0.1, 0.15) is 6.42 Å². The molecule has 6 nitrogen and oxygen atoms in total. The van der Waals surface area contributed by atoms with Gasteiger partial charge in [-0.1, -0.05) is 0 Å². The number of hydrogen-bond acceptors (Lipinski definition) is 3. The van der Waals surface area contributed by atoms with Gasteiger partial charge in [0.25, 0.3) is 0 Å². The number of amides is 2. The van der Waals surface area contributed by atoms with Crippen LogP contribution in [0.2, 0.25) is 0 Å². The van der Waals surface area contributed by atoms with Crippen LogP contribution < -0.4 is 0 Å². The van der Waals surface area contributed by atoms with E-state index in [1.54, 1.807) is 23.9 Å². The highest BCUT2D eigenvalue weighted by molar-refractivity contribution is 5.73. The molecule has 0 unspecified atom stereocenters. The van der Waals surface area contributed by atoms with E-state index in [1.807, 2.05) is 0 Å². The Bertz CT molecular complexity index is 260. The molecule has 1 aliphatic rings. The fraction of sp³-hybridized carbons (Fsp3) is 0.800. The Labute approximate surface area is 95.4 Å². The van der Waals surface area contributed by atoms with Crippen LogP contribution in [0.5, 0.6) is 0 Å². The number of rotatable bonds is 3. The second kappa shape index (κ2) is 5.69. The van der Waals surface area contributed by atoms with E-state index in [0.717, 1.165) is 13.1 Å². The van der Waals surface area contributed by atoms with Crippen LogP contribution in [0.3, 0.4) is 0 Å². The summed E-state index contributed by atoms with van der Waals surface area (Å²) >= 11 is 0. The third-order valence-electron chi connectivity index (χ3n) is 2.67. The second-order valence-electron chi connectivity index (χ2n) is 4.15. The highest BCUT2D eigenvalue weighted by Gasteiger charge is 2.21. The number of aliphatic carboxylic acids is 1. The fourth-order valence-electron chi connectivity index (χ4n) is 1.70. The smallest absolute Gasteiger partial charge is 0.319 e. The lowest BCUT2D eigenvalue weighted by atomic mass is 10.3. The summed E-state index contributed by atoms with van der Waals surface area (Å²) in [5.41, 5.74) is 0. The van der Waals surface area contributed by atoms with Crippen molar-refractivity contribution in [1.82, 2.24) is 14.7 Å². The average molecular weight is 229 g/mol. The number of urea groups is 1. The molecule has 1 saturated heterocycles. The quantitative estimate of drug-likeness (QED) is 0.725. The third-order valence-corrected chi connectivity index (χ3v) is 2.67. The molecule has 1 rings (SSSR count). The first-order chi connectivity index (χ1) is 7.50. The van der Waals surface area contributed by atoms with Crippen molar-refractivity contribution in [3.8, 4) is 0 Å². The minimum Gasteiger partial charge on any atom is -0.481 e. The lowest BCUT2D eigenvalue weighted by Crippen LogP contribution is -2.51. The SMILES string of the molecule is CN(C)C(=O)N1CCN(CCC(=O)O)CC1. The molecule has 0 aliphatic carbocycles. The summed E-state index contributed by atoms with van der Waals surface area (Å²) in [7, 11) is 3.47. The van der Waals surface area contributed by atoms with E-state index in [4.69, 9.17) is 5.11 Å². The van der Waals surface area contributed by atoms with E-state index >= 15 is 0 Å². The second-order valence-corrected chi connectivity index (χ2v) is 4.15. The molecule has 0 aromatic heterocycles. The van der Waals surface area contributed by atoms with Gasteiger partial charge in [0.05, 0.1) is 6.42 Å². The Kier molecular flexibility index (Phi) is 4.54. The molecule has 16 heavy (non-hydrogen) atoms. The number of carbonyl (C=O) groups excluding carboxylic acids is 1. The molecule has 1 N–H and O–H groups in total. The molecule has 92 valence electrons. The standard InChI is InChI=1S/C10H19N3O3/c1-11(2)10(16)13-7-5-12(6-8-13)4-3-9(14)15/h3-8H2,1-2H3,(H,14,15). The summed E-state index contributed by atoms with van der Waals surface area (Å²) in [5, 5.41) is 8.56. The van der Waals surface area contributed by atoms with Crippen molar-refractivity contribution in [1.29, 1.82) is 0 Å². The van der Waals surface area contributed by atoms with Crippen LogP contribution >= 0.6 is 0 Å². The van der Waals surface area contributed by atoms with Gasteiger partial charge in [-0.05, 0) is 0 Å². The summed E-state index contributed by atoms with van der Waals surface area (Å²) in [6, 6.07) is 0.0258. The molecule has 0 saturated carbocycles. The van der Waals surface area contributed by atoms with E-state index in [-0.39, 0.29) is 12.5 Å². The maximum Gasteiger partial charge on any atom is 0.319 e. The molecule has 0 aromatic carbocycles. The van der Waals surface area contributed by atoms with E-state index in [9.17, 15) is 9.59 Å². The van der Waals surface area contributed by atoms with Gasteiger partial charge in [0.15, 0.2) is 0 Å². The van der Waals surface area contributed by atoms with Crippen LogP contribution in [-0.2, 0) is 4.79 Å². The molecule has 0 atom stereocenters. The molecule has 0 spiro atoms. The van der Waals surface area contributed by atoms with Gasteiger partial charge < -0.3 is 14.9 Å². The van der Waals surface area contributed by atoms with Gasteiger partial charge in [-0.2, -0.15) is 0 Å². The largest absolute Gasteiger partial charge is 0.481 e. The molecule has 0 bridgehead atoms. The Balaban J connectivity index is 2.28. The van der Waals surface area contributed by atoms with E-state index in [1.165, 1.54) is 0 Å². The lowest BCUT2D eigenvalue weighted by molar-refractivity contribution is -0.137. The Hall–Kier alpha value is -1.30. The van der Waals surface area contributed by atoms with Gasteiger partial charge in [-0.15, -0.1) is 0 Å². The molecular weight excluding hydrogens is 210 g/mol. The minimum absolute atomic E-state index is 0.0258. The number of piperazine rings is 1. The molecular formula is C10H19N3O3. The predicted molar refractivity (Wildman–Crippen MR) is 59.3 cm³/mol. The summed E-state index contributed by atoms with van der Waals surface area (Å²) in [4.78, 5) is 27.4. The topological polar surface area (TPSA) is 64.1 Å². The Morgan fingerprint density at radius 1 is 1.19 bits per heavy atom. The highest BCUT2D eigenvalue weighted by Crippen LogP contribution is 2.04. The summed E-state index contributed by atoms with van der Waals surface area (Å²) in [6.07, 6.45) is 0.168. The van der Waals surface area contributed by atoms with E-state index < -0.39 is 5.97 Å². The van der Waals surface area contributed by atoms with Crippen LogP contribution in [0, 0.1) is 0 Å². The summed E-state index contributed by atoms with van der Waals surface area (Å²) in [6.45, 7) is 3.44. The molecule has 1 fully saturated rings. The van der Waals surface area contributed by atoms with Gasteiger partial charge in [0, 0.05) is 46.8 Å². The van der Waals surface area contributed by atoms with Crippen molar-refractivity contribution in [2.45, 2.75) is 6.42 Å². The molecule has 0 aromatic rings. The monoisotopic (exact) mass is 229 g/mol. The molecule has 6 heteroatoms. The number of carboxylic acids is 1. The molecule has 1 aliphatic heterocycles. The summed E-state index contributed by atoms with van der Waals surface area (Å²) in [5.74, 6) is -0.771. The van der Waals surface area contributed by atoms with Crippen molar-refractivity contribution in [2.24, 2.45) is 0 Å². The third kappa shape index (κ3) is 3.69. The number of hydrogen-bond donors (Lipinski definition) is 1.